The fourth-order valence-corrected chi connectivity index (χ4v) is 3.09. The van der Waals surface area contributed by atoms with Gasteiger partial charge in [-0.25, -0.2) is 15.5 Å². The second-order valence-electron chi connectivity index (χ2n) is 6.55. The maximum Gasteiger partial charge on any atom is 0.250 e. The third kappa shape index (κ3) is 6.00. The molecule has 3 N–H and O–H groups in total. The molecule has 2 rings (SSSR count). The number of amides is 3. The van der Waals surface area contributed by atoms with E-state index in [0.717, 1.165) is 19.3 Å². The van der Waals surface area contributed by atoms with Gasteiger partial charge < -0.3 is 5.32 Å². The number of nitrogens with zero attached hydrogens (tertiary/aromatic N) is 3. The van der Waals surface area contributed by atoms with Gasteiger partial charge in [-0.15, -0.1) is 0 Å². The van der Waals surface area contributed by atoms with Crippen molar-refractivity contribution < 1.29 is 19.6 Å². The summed E-state index contributed by atoms with van der Waals surface area (Å²) in [6.45, 7) is 2.45. The molecule has 0 radical (unpaired) electrons. The van der Waals surface area contributed by atoms with Gasteiger partial charge in [-0.3, -0.25) is 24.6 Å². The van der Waals surface area contributed by atoms with Gasteiger partial charge in [0.1, 0.15) is 11.9 Å². The van der Waals surface area contributed by atoms with Crippen LogP contribution in [0.3, 0.4) is 0 Å². The van der Waals surface area contributed by atoms with E-state index in [1.165, 1.54) is 5.01 Å². The van der Waals surface area contributed by atoms with Crippen LogP contribution >= 0.6 is 0 Å². The quantitative estimate of drug-likeness (QED) is 0.244. The van der Waals surface area contributed by atoms with Crippen LogP contribution in [0.2, 0.25) is 0 Å². The van der Waals surface area contributed by atoms with Gasteiger partial charge in [0.05, 0.1) is 12.5 Å². The highest BCUT2D eigenvalue weighted by Crippen LogP contribution is 2.19. The molecule has 1 fully saturated rings. The lowest BCUT2D eigenvalue weighted by Gasteiger charge is -2.28. The Bertz CT molecular complexity index is 627. The van der Waals surface area contributed by atoms with E-state index in [9.17, 15) is 19.6 Å². The van der Waals surface area contributed by atoms with Crippen molar-refractivity contribution in [2.45, 2.75) is 45.1 Å². The molecule has 0 aliphatic carbocycles. The summed E-state index contributed by atoms with van der Waals surface area (Å²) in [5, 5.41) is 14.1. The van der Waals surface area contributed by atoms with Crippen LogP contribution in [0.5, 0.6) is 0 Å². The molecule has 1 aliphatic rings. The average molecular weight is 377 g/mol. The van der Waals surface area contributed by atoms with Crippen LogP contribution in [-0.2, 0) is 14.4 Å². The molecule has 2 heterocycles. The first-order valence-electron chi connectivity index (χ1n) is 9.26. The minimum atomic E-state index is -0.670. The smallest absolute Gasteiger partial charge is 0.250 e. The van der Waals surface area contributed by atoms with Crippen LogP contribution in [0.1, 0.15) is 39.0 Å². The predicted octanol–water partition coefficient (Wildman–Crippen LogP) is 1.17. The van der Waals surface area contributed by atoms with Crippen LogP contribution in [0.25, 0.3) is 0 Å². The summed E-state index contributed by atoms with van der Waals surface area (Å²) < 4.78 is 0. The van der Waals surface area contributed by atoms with Crippen molar-refractivity contribution in [3.8, 4) is 0 Å². The highest BCUT2D eigenvalue weighted by Gasteiger charge is 2.37. The summed E-state index contributed by atoms with van der Waals surface area (Å²) in [6.07, 6.45) is 5.61. The van der Waals surface area contributed by atoms with Gasteiger partial charge >= 0.3 is 0 Å². The van der Waals surface area contributed by atoms with Crippen molar-refractivity contribution in [3.63, 3.8) is 0 Å². The Balaban J connectivity index is 2.05. The molecular formula is C18H27N5O4. The lowest BCUT2D eigenvalue weighted by Crippen LogP contribution is -2.51. The third-order valence-electron chi connectivity index (χ3n) is 4.50. The molecule has 1 saturated heterocycles. The molecule has 1 aliphatic heterocycles. The predicted molar refractivity (Wildman–Crippen MR) is 98.3 cm³/mol. The summed E-state index contributed by atoms with van der Waals surface area (Å²) in [4.78, 5) is 40.4. The second-order valence-corrected chi connectivity index (χ2v) is 6.55. The molecule has 2 atom stereocenters. The van der Waals surface area contributed by atoms with Crippen molar-refractivity contribution >= 4 is 24.0 Å². The summed E-state index contributed by atoms with van der Waals surface area (Å²) in [6, 6.07) is 4.51. The number of rotatable bonds is 10. The van der Waals surface area contributed by atoms with E-state index in [0.29, 0.717) is 30.3 Å². The number of carbonyl (C=O) groups is 3. The molecule has 0 aromatic carbocycles. The molecule has 9 heteroatoms. The van der Waals surface area contributed by atoms with Gasteiger partial charge in [-0.1, -0.05) is 32.3 Å². The first-order valence-corrected chi connectivity index (χ1v) is 9.26. The second kappa shape index (κ2) is 10.6. The first-order chi connectivity index (χ1) is 13.1. The molecule has 0 saturated carbocycles. The van der Waals surface area contributed by atoms with Gasteiger partial charge in [0.2, 0.25) is 18.2 Å². The number of carbonyl (C=O) groups excluding carboxylic acids is 3. The number of hydrogen-bond acceptors (Lipinski definition) is 6. The zero-order chi connectivity index (χ0) is 19.6. The van der Waals surface area contributed by atoms with E-state index in [2.05, 4.69) is 22.7 Å². The van der Waals surface area contributed by atoms with Gasteiger partial charge in [0, 0.05) is 12.7 Å². The van der Waals surface area contributed by atoms with Crippen LogP contribution in [0, 0.1) is 5.92 Å². The SMILES string of the molecule is CCCCC[C@H](CN(O)C=O)C(=O)N1NCC[C@H]1C(=O)Nc1ccccn1. The molecule has 0 spiro atoms. The highest BCUT2D eigenvalue weighted by molar-refractivity contribution is 5.97. The maximum absolute atomic E-state index is 13.0. The molecule has 1 aromatic rings. The number of pyridine rings is 1. The van der Waals surface area contributed by atoms with E-state index in [1.807, 2.05) is 0 Å². The normalized spacial score (nSPS) is 17.4. The highest BCUT2D eigenvalue weighted by atomic mass is 16.5. The topological polar surface area (TPSA) is 115 Å². The van der Waals surface area contributed by atoms with E-state index >= 15 is 0 Å². The largest absolute Gasteiger partial charge is 0.309 e. The van der Waals surface area contributed by atoms with Gasteiger partial charge in [-0.2, -0.15) is 0 Å². The third-order valence-corrected chi connectivity index (χ3v) is 4.50. The molecule has 0 bridgehead atoms. The zero-order valence-electron chi connectivity index (χ0n) is 15.5. The number of aromatic nitrogens is 1. The van der Waals surface area contributed by atoms with Crippen molar-refractivity contribution in [2.75, 3.05) is 18.4 Å². The van der Waals surface area contributed by atoms with E-state index in [4.69, 9.17) is 0 Å². The number of hydroxylamine groups is 2. The van der Waals surface area contributed by atoms with Crippen LogP contribution in [0.4, 0.5) is 5.82 Å². The van der Waals surface area contributed by atoms with Crippen molar-refractivity contribution in [1.82, 2.24) is 20.5 Å². The monoisotopic (exact) mass is 377 g/mol. The number of unbranched alkanes of at least 4 members (excludes halogenated alkanes) is 2. The summed E-state index contributed by atoms with van der Waals surface area (Å²) in [5.41, 5.74) is 2.95. The molecule has 148 valence electrons. The molecule has 1 aromatic heterocycles. The number of hydrogen-bond donors (Lipinski definition) is 3. The summed E-state index contributed by atoms with van der Waals surface area (Å²) in [5.74, 6) is -0.785. The van der Waals surface area contributed by atoms with E-state index in [-0.39, 0.29) is 24.8 Å². The van der Waals surface area contributed by atoms with Crippen LogP contribution in [-0.4, -0.2) is 57.6 Å². The Morgan fingerprint density at radius 1 is 1.48 bits per heavy atom. The minimum absolute atomic E-state index is 0.0984. The zero-order valence-corrected chi connectivity index (χ0v) is 15.5. The fourth-order valence-electron chi connectivity index (χ4n) is 3.09. The summed E-state index contributed by atoms with van der Waals surface area (Å²) in [7, 11) is 0. The Morgan fingerprint density at radius 2 is 2.30 bits per heavy atom. The lowest BCUT2D eigenvalue weighted by molar-refractivity contribution is -0.159. The van der Waals surface area contributed by atoms with Gasteiger partial charge in [0.15, 0.2) is 0 Å². The van der Waals surface area contributed by atoms with Crippen molar-refractivity contribution in [2.24, 2.45) is 5.92 Å². The standard InChI is InChI=1S/C18H27N5O4/c1-2-3-4-7-14(12-22(27)13-24)18(26)23-15(9-11-20-23)17(25)21-16-8-5-6-10-19-16/h5-6,8,10,13-15,20,27H,2-4,7,9,11-12H2,1H3,(H,19,21,25)/t14-,15+/m1/s1. The van der Waals surface area contributed by atoms with Crippen LogP contribution in [0.15, 0.2) is 24.4 Å². The van der Waals surface area contributed by atoms with Crippen molar-refractivity contribution in [1.29, 1.82) is 0 Å². The van der Waals surface area contributed by atoms with Crippen molar-refractivity contribution in [3.05, 3.63) is 24.4 Å². The Morgan fingerprint density at radius 3 is 2.96 bits per heavy atom. The fraction of sp³-hybridized carbons (Fsp3) is 0.556. The number of anilines is 1. The first kappa shape index (κ1) is 20.8. The Labute approximate surface area is 158 Å². The Kier molecular flexibility index (Phi) is 8.15. The lowest BCUT2D eigenvalue weighted by atomic mass is 9.99. The van der Waals surface area contributed by atoms with E-state index < -0.39 is 12.0 Å². The van der Waals surface area contributed by atoms with Gasteiger partial charge in [0.25, 0.3) is 0 Å². The minimum Gasteiger partial charge on any atom is -0.309 e. The van der Waals surface area contributed by atoms with Crippen LogP contribution < -0.4 is 10.7 Å². The maximum atomic E-state index is 13.0. The average Bonchev–Trinajstić information content (AvgIpc) is 3.17. The molecular weight excluding hydrogens is 350 g/mol. The number of hydrazine groups is 1. The number of nitrogens with one attached hydrogen (secondary N) is 2. The molecule has 27 heavy (non-hydrogen) atoms. The summed E-state index contributed by atoms with van der Waals surface area (Å²) >= 11 is 0. The van der Waals surface area contributed by atoms with E-state index in [1.54, 1.807) is 24.4 Å². The molecule has 0 unspecified atom stereocenters. The van der Waals surface area contributed by atoms with Gasteiger partial charge in [-0.05, 0) is 25.0 Å². The molecule has 3 amide bonds. The molecule has 9 nitrogen and oxygen atoms in total. The Hall–Kier alpha value is -2.52.